The first kappa shape index (κ1) is 16.8. The van der Waals surface area contributed by atoms with Crippen LogP contribution in [-0.4, -0.2) is 41.5 Å². The number of hydrogen-bond donors (Lipinski definition) is 1. The second-order valence-corrected chi connectivity index (χ2v) is 7.44. The van der Waals surface area contributed by atoms with Crippen LogP contribution in [-0.2, 0) is 5.54 Å². The predicted molar refractivity (Wildman–Crippen MR) is 102 cm³/mol. The van der Waals surface area contributed by atoms with E-state index >= 15 is 0 Å². The Morgan fingerprint density at radius 2 is 1.92 bits per heavy atom. The highest BCUT2D eigenvalue weighted by Gasteiger charge is 2.57. The van der Waals surface area contributed by atoms with Gasteiger partial charge in [0.2, 0.25) is 5.95 Å². The first-order chi connectivity index (χ1) is 12.6. The summed E-state index contributed by atoms with van der Waals surface area (Å²) < 4.78 is 0. The van der Waals surface area contributed by atoms with Crippen LogP contribution in [0.2, 0.25) is 0 Å². The van der Waals surface area contributed by atoms with E-state index in [1.807, 2.05) is 30.0 Å². The lowest BCUT2D eigenvalue weighted by atomic mass is 9.62. The SMILES string of the molecule is CN(C)c1ncc(NC(=O)N2CC3CCCCC32c2ccccc2)cn1. The normalized spacial score (nSPS) is 24.4. The van der Waals surface area contributed by atoms with Crippen molar-refractivity contribution >= 4 is 17.7 Å². The Morgan fingerprint density at radius 1 is 1.19 bits per heavy atom. The van der Waals surface area contributed by atoms with Gasteiger partial charge in [0.15, 0.2) is 0 Å². The number of aromatic nitrogens is 2. The van der Waals surface area contributed by atoms with Crippen LogP contribution in [0.1, 0.15) is 31.2 Å². The zero-order valence-corrected chi connectivity index (χ0v) is 15.4. The molecule has 2 aliphatic rings. The van der Waals surface area contributed by atoms with Gasteiger partial charge in [-0.1, -0.05) is 43.2 Å². The van der Waals surface area contributed by atoms with E-state index in [-0.39, 0.29) is 11.6 Å². The molecule has 2 heterocycles. The third-order valence-corrected chi connectivity index (χ3v) is 5.73. The number of likely N-dealkylation sites (tertiary alicyclic amines) is 1. The van der Waals surface area contributed by atoms with Gasteiger partial charge in [-0.15, -0.1) is 0 Å². The van der Waals surface area contributed by atoms with Gasteiger partial charge in [-0.25, -0.2) is 14.8 Å². The summed E-state index contributed by atoms with van der Waals surface area (Å²) in [6.07, 6.45) is 7.97. The van der Waals surface area contributed by atoms with Crippen molar-refractivity contribution in [1.29, 1.82) is 0 Å². The van der Waals surface area contributed by atoms with E-state index in [2.05, 4.69) is 39.6 Å². The van der Waals surface area contributed by atoms with Crippen molar-refractivity contribution in [2.75, 3.05) is 30.9 Å². The number of urea groups is 1. The minimum absolute atomic E-state index is 0.0618. The van der Waals surface area contributed by atoms with Crippen LogP contribution in [0.3, 0.4) is 0 Å². The van der Waals surface area contributed by atoms with E-state index in [1.165, 1.54) is 18.4 Å². The molecule has 1 saturated carbocycles. The molecule has 1 aliphatic heterocycles. The van der Waals surface area contributed by atoms with Crippen LogP contribution in [0.15, 0.2) is 42.7 Å². The predicted octanol–water partition coefficient (Wildman–Crippen LogP) is 3.48. The van der Waals surface area contributed by atoms with Gasteiger partial charge in [0, 0.05) is 26.6 Å². The van der Waals surface area contributed by atoms with Crippen molar-refractivity contribution in [3.05, 3.63) is 48.3 Å². The molecule has 26 heavy (non-hydrogen) atoms. The second kappa shape index (κ2) is 6.59. The topological polar surface area (TPSA) is 61.4 Å². The molecular weight excluding hydrogens is 326 g/mol. The lowest BCUT2D eigenvalue weighted by molar-refractivity contribution is -0.0756. The summed E-state index contributed by atoms with van der Waals surface area (Å²) in [7, 11) is 3.78. The number of nitrogens with one attached hydrogen (secondary N) is 1. The van der Waals surface area contributed by atoms with E-state index < -0.39 is 0 Å². The fourth-order valence-corrected chi connectivity index (χ4v) is 4.43. The van der Waals surface area contributed by atoms with Crippen LogP contribution in [0.4, 0.5) is 16.4 Å². The van der Waals surface area contributed by atoms with Gasteiger partial charge in [-0.3, -0.25) is 0 Å². The number of hydrogen-bond acceptors (Lipinski definition) is 4. The standard InChI is InChI=1S/C20H25N5O/c1-24(2)18-21-12-17(13-22-18)23-19(26)25-14-16-10-6-7-11-20(16,25)15-8-4-3-5-9-15/h3-5,8-9,12-13,16H,6-7,10-11,14H2,1-2H3,(H,23,26). The summed E-state index contributed by atoms with van der Waals surface area (Å²) in [4.78, 5) is 25.4. The third-order valence-electron chi connectivity index (χ3n) is 5.73. The summed E-state index contributed by atoms with van der Waals surface area (Å²) in [6, 6.07) is 10.4. The molecule has 0 radical (unpaired) electrons. The van der Waals surface area contributed by atoms with Crippen LogP contribution in [0.25, 0.3) is 0 Å². The largest absolute Gasteiger partial charge is 0.347 e. The number of benzene rings is 1. The Hall–Kier alpha value is -2.63. The molecule has 2 fully saturated rings. The molecule has 2 unspecified atom stereocenters. The molecule has 2 atom stereocenters. The van der Waals surface area contributed by atoms with Crippen LogP contribution in [0.5, 0.6) is 0 Å². The number of anilines is 2. The monoisotopic (exact) mass is 351 g/mol. The molecule has 6 heteroatoms. The summed E-state index contributed by atoms with van der Waals surface area (Å²) in [6.45, 7) is 0.817. The Morgan fingerprint density at radius 3 is 2.58 bits per heavy atom. The maximum Gasteiger partial charge on any atom is 0.322 e. The highest BCUT2D eigenvalue weighted by Crippen LogP contribution is 2.53. The van der Waals surface area contributed by atoms with Gasteiger partial charge in [-0.2, -0.15) is 0 Å². The summed E-state index contributed by atoms with van der Waals surface area (Å²) in [5, 5.41) is 2.98. The molecule has 0 bridgehead atoms. The fourth-order valence-electron chi connectivity index (χ4n) is 4.43. The number of nitrogens with zero attached hydrogens (tertiary/aromatic N) is 4. The van der Waals surface area contributed by atoms with Crippen molar-refractivity contribution in [1.82, 2.24) is 14.9 Å². The van der Waals surface area contributed by atoms with Gasteiger partial charge in [0.1, 0.15) is 0 Å². The average Bonchev–Trinajstić information content (AvgIpc) is 2.64. The molecule has 1 saturated heterocycles. The molecule has 1 aromatic heterocycles. The lowest BCUT2D eigenvalue weighted by Crippen LogP contribution is -2.68. The zero-order valence-electron chi connectivity index (χ0n) is 15.4. The average molecular weight is 351 g/mol. The minimum Gasteiger partial charge on any atom is -0.347 e. The maximum atomic E-state index is 13.0. The van der Waals surface area contributed by atoms with Gasteiger partial charge in [-0.05, 0) is 18.4 Å². The molecule has 1 N–H and O–H groups in total. The van der Waals surface area contributed by atoms with E-state index in [9.17, 15) is 4.79 Å². The summed E-state index contributed by atoms with van der Waals surface area (Å²) in [5.41, 5.74) is 1.72. The minimum atomic E-state index is -0.159. The Kier molecular flexibility index (Phi) is 4.26. The summed E-state index contributed by atoms with van der Waals surface area (Å²) in [5.74, 6) is 1.18. The van der Waals surface area contributed by atoms with Crippen molar-refractivity contribution in [3.8, 4) is 0 Å². The van der Waals surface area contributed by atoms with E-state index in [0.29, 0.717) is 17.6 Å². The van der Waals surface area contributed by atoms with Crippen molar-refractivity contribution in [2.24, 2.45) is 5.92 Å². The number of carbonyl (C=O) groups excluding carboxylic acids is 1. The Balaban J connectivity index is 1.55. The smallest absolute Gasteiger partial charge is 0.322 e. The van der Waals surface area contributed by atoms with Crippen molar-refractivity contribution in [3.63, 3.8) is 0 Å². The molecule has 136 valence electrons. The number of carbonyl (C=O) groups is 1. The highest BCUT2D eigenvalue weighted by molar-refractivity contribution is 5.90. The van der Waals surface area contributed by atoms with E-state index in [4.69, 9.17) is 0 Å². The first-order valence-electron chi connectivity index (χ1n) is 9.25. The molecular formula is C20H25N5O. The Bertz CT molecular complexity index is 777. The molecule has 4 rings (SSSR count). The highest BCUT2D eigenvalue weighted by atomic mass is 16.2. The van der Waals surface area contributed by atoms with E-state index in [0.717, 1.165) is 19.4 Å². The fraction of sp³-hybridized carbons (Fsp3) is 0.450. The first-order valence-corrected chi connectivity index (χ1v) is 9.25. The van der Waals surface area contributed by atoms with Crippen LogP contribution >= 0.6 is 0 Å². The number of fused-ring (bicyclic) bond motifs is 1. The molecule has 2 aromatic rings. The molecule has 0 spiro atoms. The Labute approximate surface area is 154 Å². The third kappa shape index (κ3) is 2.69. The molecule has 6 nitrogen and oxygen atoms in total. The van der Waals surface area contributed by atoms with Crippen molar-refractivity contribution in [2.45, 2.75) is 31.2 Å². The molecule has 1 aromatic carbocycles. The number of rotatable bonds is 3. The van der Waals surface area contributed by atoms with Crippen molar-refractivity contribution < 1.29 is 4.79 Å². The van der Waals surface area contributed by atoms with Crippen LogP contribution in [0, 0.1) is 5.92 Å². The van der Waals surface area contributed by atoms with Gasteiger partial charge in [0.25, 0.3) is 0 Å². The van der Waals surface area contributed by atoms with Gasteiger partial charge in [0.05, 0.1) is 23.6 Å². The maximum absolute atomic E-state index is 13.0. The summed E-state index contributed by atoms with van der Waals surface area (Å²) >= 11 is 0. The van der Waals surface area contributed by atoms with Gasteiger partial charge < -0.3 is 15.1 Å². The zero-order chi connectivity index (χ0) is 18.1. The van der Waals surface area contributed by atoms with E-state index in [1.54, 1.807) is 12.4 Å². The number of amides is 2. The molecule has 1 aliphatic carbocycles. The molecule has 2 amide bonds. The van der Waals surface area contributed by atoms with Crippen LogP contribution < -0.4 is 10.2 Å². The lowest BCUT2D eigenvalue weighted by Gasteiger charge is -2.61. The second-order valence-electron chi connectivity index (χ2n) is 7.44. The van der Waals surface area contributed by atoms with Gasteiger partial charge >= 0.3 is 6.03 Å². The quantitative estimate of drug-likeness (QED) is 0.920.